The van der Waals surface area contributed by atoms with Gasteiger partial charge < -0.3 is 4.74 Å². The first-order valence-electron chi connectivity index (χ1n) is 12.6. The summed E-state index contributed by atoms with van der Waals surface area (Å²) in [5, 5.41) is 0. The number of ether oxygens (including phenoxy) is 1. The Bertz CT molecular complexity index is 1270. The molecule has 0 spiro atoms. The van der Waals surface area contributed by atoms with Crippen molar-refractivity contribution in [1.82, 2.24) is 4.90 Å². The van der Waals surface area contributed by atoms with E-state index in [2.05, 4.69) is 54.6 Å². The fraction of sp³-hybridized carbons (Fsp3) is 0.323. The number of nitrogens with zero attached hydrogens (tertiary/aromatic N) is 1. The highest BCUT2D eigenvalue weighted by molar-refractivity contribution is 5.80. The van der Waals surface area contributed by atoms with Crippen molar-refractivity contribution in [2.75, 3.05) is 6.61 Å². The van der Waals surface area contributed by atoms with E-state index >= 15 is 0 Å². The SMILES string of the molecule is Cc1cc(F)cc(C)c1C1=CC2CCCC(C1)N2C(=O)OCC1c2ccccc2-c2ccccc21. The van der Waals surface area contributed by atoms with Gasteiger partial charge >= 0.3 is 6.09 Å². The van der Waals surface area contributed by atoms with E-state index < -0.39 is 0 Å². The molecule has 1 saturated heterocycles. The highest BCUT2D eigenvalue weighted by Gasteiger charge is 2.39. The molecule has 0 saturated carbocycles. The molecule has 3 aliphatic rings. The predicted octanol–water partition coefficient (Wildman–Crippen LogP) is 7.40. The lowest BCUT2D eigenvalue weighted by atomic mass is 9.81. The van der Waals surface area contributed by atoms with Gasteiger partial charge in [0.1, 0.15) is 12.4 Å². The zero-order valence-electron chi connectivity index (χ0n) is 20.3. The van der Waals surface area contributed by atoms with Crippen molar-refractivity contribution < 1.29 is 13.9 Å². The average molecular weight is 468 g/mol. The van der Waals surface area contributed by atoms with E-state index in [9.17, 15) is 9.18 Å². The lowest BCUT2D eigenvalue weighted by molar-refractivity contribution is 0.0539. The number of carbonyl (C=O) groups is 1. The smallest absolute Gasteiger partial charge is 0.410 e. The Morgan fingerprint density at radius 2 is 1.60 bits per heavy atom. The molecule has 1 aliphatic carbocycles. The van der Waals surface area contributed by atoms with Crippen LogP contribution in [0.3, 0.4) is 0 Å². The minimum Gasteiger partial charge on any atom is -0.448 e. The third-order valence-corrected chi connectivity index (χ3v) is 8.00. The number of amides is 1. The number of halogens is 1. The van der Waals surface area contributed by atoms with Crippen LogP contribution in [0.5, 0.6) is 0 Å². The lowest BCUT2D eigenvalue weighted by Crippen LogP contribution is -2.52. The third-order valence-electron chi connectivity index (χ3n) is 8.00. The number of piperidine rings is 1. The second kappa shape index (κ2) is 8.67. The molecule has 3 aromatic rings. The molecule has 0 aromatic heterocycles. The summed E-state index contributed by atoms with van der Waals surface area (Å²) >= 11 is 0. The molecule has 2 unspecified atom stereocenters. The number of carbonyl (C=O) groups excluding carboxylic acids is 1. The van der Waals surface area contributed by atoms with Gasteiger partial charge in [0.05, 0.1) is 6.04 Å². The molecule has 0 N–H and O–H groups in total. The highest BCUT2D eigenvalue weighted by Crippen LogP contribution is 2.45. The van der Waals surface area contributed by atoms with E-state index in [1.807, 2.05) is 18.7 Å². The van der Waals surface area contributed by atoms with Gasteiger partial charge in [-0.2, -0.15) is 0 Å². The Morgan fingerprint density at radius 1 is 0.971 bits per heavy atom. The van der Waals surface area contributed by atoms with Gasteiger partial charge in [0.25, 0.3) is 0 Å². The molecular formula is C31H30FNO2. The number of rotatable bonds is 3. The Kier molecular flexibility index (Phi) is 5.47. The second-order valence-electron chi connectivity index (χ2n) is 10.2. The summed E-state index contributed by atoms with van der Waals surface area (Å²) < 4.78 is 19.9. The maximum Gasteiger partial charge on any atom is 0.410 e. The van der Waals surface area contributed by atoms with Gasteiger partial charge in [-0.25, -0.2) is 9.18 Å². The van der Waals surface area contributed by atoms with Gasteiger partial charge in [-0.05, 0) is 96.2 Å². The third kappa shape index (κ3) is 3.76. The van der Waals surface area contributed by atoms with Gasteiger partial charge in [0.2, 0.25) is 0 Å². The van der Waals surface area contributed by atoms with E-state index in [1.54, 1.807) is 12.1 Å². The molecule has 2 heterocycles. The van der Waals surface area contributed by atoms with E-state index in [0.717, 1.165) is 42.4 Å². The Labute approximate surface area is 206 Å². The predicted molar refractivity (Wildman–Crippen MR) is 137 cm³/mol. The summed E-state index contributed by atoms with van der Waals surface area (Å²) in [4.78, 5) is 15.4. The summed E-state index contributed by atoms with van der Waals surface area (Å²) in [7, 11) is 0. The van der Waals surface area contributed by atoms with Crippen molar-refractivity contribution in [2.24, 2.45) is 0 Å². The highest BCUT2D eigenvalue weighted by atomic mass is 19.1. The van der Waals surface area contributed by atoms with Gasteiger partial charge in [0, 0.05) is 12.0 Å². The van der Waals surface area contributed by atoms with Crippen LogP contribution in [-0.2, 0) is 4.74 Å². The molecule has 2 bridgehead atoms. The molecule has 1 fully saturated rings. The zero-order valence-corrected chi connectivity index (χ0v) is 20.3. The van der Waals surface area contributed by atoms with Crippen molar-refractivity contribution in [3.63, 3.8) is 0 Å². The van der Waals surface area contributed by atoms with Crippen molar-refractivity contribution in [3.8, 4) is 11.1 Å². The maximum atomic E-state index is 13.9. The van der Waals surface area contributed by atoms with E-state index in [1.165, 1.54) is 27.8 Å². The molecule has 6 rings (SSSR count). The van der Waals surface area contributed by atoms with Crippen LogP contribution in [-0.4, -0.2) is 29.7 Å². The molecule has 35 heavy (non-hydrogen) atoms. The average Bonchev–Trinajstić information content (AvgIpc) is 3.15. The van der Waals surface area contributed by atoms with Crippen LogP contribution in [0.15, 0.2) is 66.7 Å². The Morgan fingerprint density at radius 3 is 2.23 bits per heavy atom. The monoisotopic (exact) mass is 467 g/mol. The first-order chi connectivity index (χ1) is 17.0. The van der Waals surface area contributed by atoms with Crippen LogP contribution < -0.4 is 0 Å². The van der Waals surface area contributed by atoms with Gasteiger partial charge in [-0.15, -0.1) is 0 Å². The zero-order chi connectivity index (χ0) is 24.1. The van der Waals surface area contributed by atoms with Crippen molar-refractivity contribution in [1.29, 1.82) is 0 Å². The minimum atomic E-state index is -0.218. The second-order valence-corrected chi connectivity index (χ2v) is 10.2. The molecular weight excluding hydrogens is 437 g/mol. The fourth-order valence-corrected chi connectivity index (χ4v) is 6.59. The number of fused-ring (bicyclic) bond motifs is 5. The molecule has 3 aromatic carbocycles. The van der Waals surface area contributed by atoms with Gasteiger partial charge in [-0.3, -0.25) is 4.90 Å². The molecule has 0 radical (unpaired) electrons. The number of aryl methyl sites for hydroxylation is 2. The van der Waals surface area contributed by atoms with Crippen LogP contribution in [0, 0.1) is 19.7 Å². The van der Waals surface area contributed by atoms with Crippen LogP contribution >= 0.6 is 0 Å². The Hall–Kier alpha value is -3.40. The standard InChI is InChI=1S/C31H30FNO2/c1-19-14-22(32)15-20(2)30(19)21-16-23-8-7-9-24(17-21)33(23)31(34)35-18-29-27-12-5-3-10-25(27)26-11-4-6-13-28(26)29/h3-6,10-16,23-24,29H,7-9,17-18H2,1-2H3. The molecule has 178 valence electrons. The molecule has 2 aliphatic heterocycles. The summed E-state index contributed by atoms with van der Waals surface area (Å²) in [6, 6.07) is 20.2. The van der Waals surface area contributed by atoms with Crippen LogP contribution in [0.4, 0.5) is 9.18 Å². The van der Waals surface area contributed by atoms with Gasteiger partial charge in [0.15, 0.2) is 0 Å². The van der Waals surface area contributed by atoms with Crippen LogP contribution in [0.2, 0.25) is 0 Å². The van der Waals surface area contributed by atoms with Crippen molar-refractivity contribution in [2.45, 2.75) is 57.5 Å². The normalized spacial score (nSPS) is 20.8. The quantitative estimate of drug-likeness (QED) is 0.402. The minimum absolute atomic E-state index is 0.0250. The fourth-order valence-electron chi connectivity index (χ4n) is 6.59. The first kappa shape index (κ1) is 22.1. The topological polar surface area (TPSA) is 29.5 Å². The summed E-state index contributed by atoms with van der Waals surface area (Å²) in [5.41, 5.74) is 9.21. The van der Waals surface area contributed by atoms with E-state index in [-0.39, 0.29) is 29.9 Å². The first-order valence-corrected chi connectivity index (χ1v) is 12.6. The van der Waals surface area contributed by atoms with Crippen LogP contribution in [0.25, 0.3) is 16.7 Å². The van der Waals surface area contributed by atoms with Crippen molar-refractivity contribution in [3.05, 3.63) is 100 Å². The molecule has 4 heteroatoms. The van der Waals surface area contributed by atoms with E-state index in [4.69, 9.17) is 4.74 Å². The van der Waals surface area contributed by atoms with Crippen LogP contribution in [0.1, 0.15) is 59.4 Å². The summed E-state index contributed by atoms with van der Waals surface area (Å²) in [6.07, 6.45) is 5.80. The summed E-state index contributed by atoms with van der Waals surface area (Å²) in [6.45, 7) is 4.29. The molecule has 2 atom stereocenters. The number of benzene rings is 3. The maximum absolute atomic E-state index is 13.9. The number of hydrogen-bond acceptors (Lipinski definition) is 2. The lowest BCUT2D eigenvalue weighted by Gasteiger charge is -2.44. The molecule has 1 amide bonds. The van der Waals surface area contributed by atoms with Gasteiger partial charge in [-0.1, -0.05) is 54.6 Å². The summed E-state index contributed by atoms with van der Waals surface area (Å²) in [5.74, 6) is -0.132. The number of hydrogen-bond donors (Lipinski definition) is 0. The Balaban J connectivity index is 1.24. The van der Waals surface area contributed by atoms with Crippen molar-refractivity contribution >= 4 is 11.7 Å². The molecule has 3 nitrogen and oxygen atoms in total. The largest absolute Gasteiger partial charge is 0.448 e. The van der Waals surface area contributed by atoms with E-state index in [0.29, 0.717) is 6.61 Å².